The van der Waals surface area contributed by atoms with E-state index in [4.69, 9.17) is 8.83 Å². The molecule has 0 saturated heterocycles. The Morgan fingerprint density at radius 3 is 1.66 bits per heavy atom. The van der Waals surface area contributed by atoms with Gasteiger partial charge in [0.15, 0.2) is 0 Å². The average molecular weight is 810 g/mol. The fourth-order valence-electron chi connectivity index (χ4n) is 9.55. The van der Waals surface area contributed by atoms with E-state index in [2.05, 4.69) is 205 Å². The van der Waals surface area contributed by atoms with Crippen LogP contribution in [0.15, 0.2) is 221 Å². The molecule has 3 heterocycles. The third-order valence-electron chi connectivity index (χ3n) is 12.5. The fraction of sp³-hybridized carbons (Fsp3) is 0. The maximum Gasteiger partial charge on any atom is 0.143 e. The molecule has 0 bridgehead atoms. The monoisotopic (exact) mass is 809 g/mol. The van der Waals surface area contributed by atoms with Crippen LogP contribution in [0.4, 0.5) is 17.1 Å². The second-order valence-electron chi connectivity index (χ2n) is 16.0. The molecule has 0 spiro atoms. The number of thiophene rings is 1. The van der Waals surface area contributed by atoms with Crippen LogP contribution in [-0.2, 0) is 0 Å². The highest BCUT2D eigenvalue weighted by Gasteiger charge is 2.22. The zero-order valence-electron chi connectivity index (χ0n) is 33.4. The van der Waals surface area contributed by atoms with E-state index in [0.717, 1.165) is 83.2 Å². The Kier molecular flexibility index (Phi) is 7.78. The molecule has 62 heavy (non-hydrogen) atoms. The summed E-state index contributed by atoms with van der Waals surface area (Å²) >= 11 is 1.86. The highest BCUT2D eigenvalue weighted by Crippen LogP contribution is 2.47. The predicted octanol–water partition coefficient (Wildman–Crippen LogP) is 17.5. The molecule has 0 amide bonds. The first-order valence-corrected chi connectivity index (χ1v) is 21.8. The predicted molar refractivity (Wildman–Crippen MR) is 262 cm³/mol. The van der Waals surface area contributed by atoms with E-state index in [1.807, 2.05) is 23.5 Å². The van der Waals surface area contributed by atoms with Gasteiger partial charge in [0.2, 0.25) is 0 Å². The normalized spacial score (nSPS) is 11.9. The van der Waals surface area contributed by atoms with Gasteiger partial charge >= 0.3 is 0 Å². The van der Waals surface area contributed by atoms with Crippen molar-refractivity contribution in [1.82, 2.24) is 0 Å². The number of benzene rings is 10. The quantitative estimate of drug-likeness (QED) is 0.168. The molecule has 13 aromatic rings. The summed E-state index contributed by atoms with van der Waals surface area (Å²) in [6, 6.07) is 76.1. The summed E-state index contributed by atoms with van der Waals surface area (Å²) in [5, 5.41) is 9.45. The number of anilines is 3. The van der Waals surface area contributed by atoms with Crippen molar-refractivity contribution < 1.29 is 8.83 Å². The molecule has 290 valence electrons. The first-order chi connectivity index (χ1) is 30.7. The lowest BCUT2D eigenvalue weighted by atomic mass is 9.98. The standard InChI is InChI=1S/C58H35NO2S/c1-2-13-39-35-54-51(34-38(39)12-1)49-21-11-19-47(57(49)61-54)44-14-3-6-23-52(44)59(40-30-26-36(27-31-40)42-17-9-20-48-45-15-4-7-24-53(45)60-56(42)48)41-32-28-37(29-33-41)43-18-10-22-50-46-16-5-8-25-55(46)62-58(43)50/h1-35H. The van der Waals surface area contributed by atoms with Crippen LogP contribution in [0.1, 0.15) is 0 Å². The molecule has 0 atom stereocenters. The van der Waals surface area contributed by atoms with Crippen molar-refractivity contribution in [3.63, 3.8) is 0 Å². The molecule has 0 unspecified atom stereocenters. The van der Waals surface area contributed by atoms with Gasteiger partial charge in [-0.15, -0.1) is 11.3 Å². The molecule has 4 heteroatoms. The van der Waals surface area contributed by atoms with Gasteiger partial charge in [-0.25, -0.2) is 0 Å². The number of fused-ring (bicyclic) bond motifs is 10. The summed E-state index contributed by atoms with van der Waals surface area (Å²) in [7, 11) is 0. The second-order valence-corrected chi connectivity index (χ2v) is 17.0. The lowest BCUT2D eigenvalue weighted by Crippen LogP contribution is -2.11. The summed E-state index contributed by atoms with van der Waals surface area (Å²) in [5.41, 5.74) is 13.4. The Morgan fingerprint density at radius 1 is 0.339 bits per heavy atom. The van der Waals surface area contributed by atoms with E-state index in [1.165, 1.54) is 42.1 Å². The number of hydrogen-bond acceptors (Lipinski definition) is 4. The van der Waals surface area contributed by atoms with E-state index >= 15 is 0 Å². The van der Waals surface area contributed by atoms with Crippen molar-refractivity contribution >= 4 is 103 Å². The molecule has 0 radical (unpaired) electrons. The molecule has 0 aliphatic rings. The molecule has 0 aliphatic carbocycles. The smallest absolute Gasteiger partial charge is 0.143 e. The first kappa shape index (κ1) is 34.9. The van der Waals surface area contributed by atoms with Gasteiger partial charge in [0.25, 0.3) is 0 Å². The van der Waals surface area contributed by atoms with Gasteiger partial charge in [-0.2, -0.15) is 0 Å². The van der Waals surface area contributed by atoms with E-state index in [-0.39, 0.29) is 0 Å². The van der Waals surface area contributed by atoms with Crippen molar-refractivity contribution in [1.29, 1.82) is 0 Å². The van der Waals surface area contributed by atoms with Crippen molar-refractivity contribution in [3.05, 3.63) is 212 Å². The molecular formula is C58H35NO2S. The van der Waals surface area contributed by atoms with Crippen molar-refractivity contribution in [2.75, 3.05) is 4.90 Å². The second kappa shape index (κ2) is 13.8. The molecule has 10 aromatic carbocycles. The van der Waals surface area contributed by atoms with Gasteiger partial charge in [0.1, 0.15) is 22.3 Å². The van der Waals surface area contributed by atoms with E-state index in [0.29, 0.717) is 0 Å². The first-order valence-electron chi connectivity index (χ1n) is 21.0. The van der Waals surface area contributed by atoms with Crippen LogP contribution in [0.5, 0.6) is 0 Å². The minimum Gasteiger partial charge on any atom is -0.455 e. The summed E-state index contributed by atoms with van der Waals surface area (Å²) in [6.45, 7) is 0. The third-order valence-corrected chi connectivity index (χ3v) is 13.7. The topological polar surface area (TPSA) is 29.5 Å². The minimum absolute atomic E-state index is 0.881. The third kappa shape index (κ3) is 5.44. The van der Waals surface area contributed by atoms with E-state index in [1.54, 1.807) is 0 Å². The molecule has 3 aromatic heterocycles. The Morgan fingerprint density at radius 2 is 0.871 bits per heavy atom. The highest BCUT2D eigenvalue weighted by molar-refractivity contribution is 7.26. The van der Waals surface area contributed by atoms with Crippen LogP contribution in [0.25, 0.3) is 108 Å². The van der Waals surface area contributed by atoms with Gasteiger partial charge in [-0.05, 0) is 82.1 Å². The van der Waals surface area contributed by atoms with Crippen molar-refractivity contribution in [2.45, 2.75) is 0 Å². The summed E-state index contributed by atoms with van der Waals surface area (Å²) < 4.78 is 15.9. The minimum atomic E-state index is 0.881. The van der Waals surface area contributed by atoms with Crippen molar-refractivity contribution in [2.24, 2.45) is 0 Å². The number of nitrogens with zero attached hydrogens (tertiary/aromatic N) is 1. The molecule has 3 nitrogen and oxygen atoms in total. The van der Waals surface area contributed by atoms with E-state index < -0.39 is 0 Å². The average Bonchev–Trinajstić information content (AvgIpc) is 4.03. The SMILES string of the molecule is c1ccc(N(c2ccc(-c3cccc4c3oc3ccccc34)cc2)c2ccc(-c3cccc4c3sc3ccccc34)cc2)c(-c2cccc3c2oc2cc4ccccc4cc23)c1. The van der Waals surface area contributed by atoms with Crippen LogP contribution < -0.4 is 4.90 Å². The van der Waals surface area contributed by atoms with E-state index in [9.17, 15) is 0 Å². The fourth-order valence-corrected chi connectivity index (χ4v) is 10.8. The molecule has 0 N–H and O–H groups in total. The van der Waals surface area contributed by atoms with Crippen LogP contribution in [-0.4, -0.2) is 0 Å². The summed E-state index contributed by atoms with van der Waals surface area (Å²) in [5.74, 6) is 0. The maximum absolute atomic E-state index is 6.81. The number of hydrogen-bond donors (Lipinski definition) is 0. The molecule has 0 fully saturated rings. The van der Waals surface area contributed by atoms with Gasteiger partial charge < -0.3 is 13.7 Å². The number of furan rings is 2. The molecule has 0 saturated carbocycles. The lowest BCUT2D eigenvalue weighted by molar-refractivity contribution is 0.670. The zero-order chi connectivity index (χ0) is 40.7. The Hall–Kier alpha value is -7.92. The molecular weight excluding hydrogens is 775 g/mol. The van der Waals surface area contributed by atoms with Gasteiger partial charge in [-0.3, -0.25) is 0 Å². The Bertz CT molecular complexity index is 3710. The number of para-hydroxylation sites is 4. The molecule has 0 aliphatic heterocycles. The van der Waals surface area contributed by atoms with Crippen molar-refractivity contribution in [3.8, 4) is 33.4 Å². The number of rotatable bonds is 6. The molecule has 13 rings (SSSR count). The van der Waals surface area contributed by atoms with Crippen LogP contribution in [0, 0.1) is 0 Å². The van der Waals surface area contributed by atoms with Crippen LogP contribution in [0.2, 0.25) is 0 Å². The van der Waals surface area contributed by atoms with Gasteiger partial charge in [-0.1, -0.05) is 158 Å². The zero-order valence-corrected chi connectivity index (χ0v) is 34.2. The lowest BCUT2D eigenvalue weighted by Gasteiger charge is -2.28. The Balaban J connectivity index is 0.976. The summed E-state index contributed by atoms with van der Waals surface area (Å²) in [6.07, 6.45) is 0. The van der Waals surface area contributed by atoms with Crippen LogP contribution >= 0.6 is 11.3 Å². The van der Waals surface area contributed by atoms with Crippen LogP contribution in [0.3, 0.4) is 0 Å². The van der Waals surface area contributed by atoms with Gasteiger partial charge in [0, 0.05) is 69.8 Å². The largest absolute Gasteiger partial charge is 0.455 e. The summed E-state index contributed by atoms with van der Waals surface area (Å²) in [4.78, 5) is 2.38. The Labute approximate surface area is 360 Å². The highest BCUT2D eigenvalue weighted by atomic mass is 32.1. The van der Waals surface area contributed by atoms with Gasteiger partial charge in [0.05, 0.1) is 5.69 Å². The maximum atomic E-state index is 6.81.